The van der Waals surface area contributed by atoms with Crippen molar-refractivity contribution in [3.63, 3.8) is 0 Å². The fraction of sp³-hybridized carbons (Fsp3) is 0.167. The summed E-state index contributed by atoms with van der Waals surface area (Å²) in [5.74, 6) is -1.18. The van der Waals surface area contributed by atoms with E-state index in [1.165, 1.54) is 49.0 Å². The molecule has 0 bridgehead atoms. The lowest BCUT2D eigenvalue weighted by Crippen LogP contribution is -2.22. The highest BCUT2D eigenvalue weighted by atomic mass is 32.1. The zero-order valence-electron chi connectivity index (χ0n) is 19.0. The highest BCUT2D eigenvalue weighted by Crippen LogP contribution is 2.34. The molecule has 0 aliphatic carbocycles. The zero-order chi connectivity index (χ0) is 24.9. The Morgan fingerprint density at radius 3 is 2.49 bits per heavy atom. The number of ether oxygens (including phenoxy) is 3. The average molecular weight is 512 g/mol. The molecule has 0 saturated heterocycles. The molecule has 0 saturated carbocycles. The highest BCUT2D eigenvalue weighted by Gasteiger charge is 2.21. The minimum absolute atomic E-state index is 0.0100. The third kappa shape index (κ3) is 5.58. The van der Waals surface area contributed by atoms with E-state index >= 15 is 0 Å². The van der Waals surface area contributed by atoms with E-state index in [1.54, 1.807) is 17.5 Å². The molecule has 35 heavy (non-hydrogen) atoms. The van der Waals surface area contributed by atoms with Gasteiger partial charge in [-0.15, -0.1) is 11.3 Å². The molecule has 0 unspecified atom stereocenters. The molecule has 0 spiro atoms. The number of amides is 2. The molecule has 180 valence electrons. The second-order valence-corrected chi connectivity index (χ2v) is 9.28. The summed E-state index contributed by atoms with van der Waals surface area (Å²) >= 11 is 2.58. The van der Waals surface area contributed by atoms with Gasteiger partial charge < -0.3 is 19.5 Å². The van der Waals surface area contributed by atoms with Crippen LogP contribution in [-0.4, -0.2) is 43.6 Å². The van der Waals surface area contributed by atoms with Gasteiger partial charge in [-0.2, -0.15) is 0 Å². The SMILES string of the molecule is COc1cc(NC(=O)c2cccs2)c(C(=O)OCC(=O)Nc2nc3ccc(C)cc3s2)cc1OC. The third-order valence-corrected chi connectivity index (χ3v) is 6.66. The quantitative estimate of drug-likeness (QED) is 0.329. The van der Waals surface area contributed by atoms with Gasteiger partial charge in [-0.3, -0.25) is 14.9 Å². The molecule has 0 aliphatic heterocycles. The Morgan fingerprint density at radius 2 is 1.77 bits per heavy atom. The molecule has 0 aliphatic rings. The second kappa shape index (κ2) is 10.5. The van der Waals surface area contributed by atoms with Crippen LogP contribution in [0.4, 0.5) is 10.8 Å². The Bertz CT molecular complexity index is 1400. The third-order valence-electron chi connectivity index (χ3n) is 4.86. The smallest absolute Gasteiger partial charge is 0.340 e. The van der Waals surface area contributed by atoms with E-state index in [9.17, 15) is 14.4 Å². The highest BCUT2D eigenvalue weighted by molar-refractivity contribution is 7.22. The molecular formula is C24H21N3O6S2. The van der Waals surface area contributed by atoms with E-state index < -0.39 is 24.4 Å². The van der Waals surface area contributed by atoms with E-state index in [0.717, 1.165) is 15.8 Å². The van der Waals surface area contributed by atoms with Crippen molar-refractivity contribution < 1.29 is 28.6 Å². The van der Waals surface area contributed by atoms with Crippen LogP contribution in [0.3, 0.4) is 0 Å². The molecule has 2 aromatic carbocycles. The van der Waals surface area contributed by atoms with Crippen LogP contribution >= 0.6 is 22.7 Å². The number of nitrogens with zero attached hydrogens (tertiary/aromatic N) is 1. The monoisotopic (exact) mass is 511 g/mol. The van der Waals surface area contributed by atoms with Gasteiger partial charge in [0.15, 0.2) is 23.2 Å². The number of thiazole rings is 1. The summed E-state index contributed by atoms with van der Waals surface area (Å²) < 4.78 is 16.7. The van der Waals surface area contributed by atoms with Crippen LogP contribution in [0.25, 0.3) is 10.2 Å². The minimum atomic E-state index is -0.817. The summed E-state index contributed by atoms with van der Waals surface area (Å²) in [7, 11) is 2.86. The first-order valence-electron chi connectivity index (χ1n) is 10.3. The first kappa shape index (κ1) is 24.2. The predicted molar refractivity (Wildman–Crippen MR) is 135 cm³/mol. The molecular weight excluding hydrogens is 490 g/mol. The van der Waals surface area contributed by atoms with Gasteiger partial charge in [0.1, 0.15) is 0 Å². The Kier molecular flexibility index (Phi) is 7.28. The summed E-state index contributed by atoms with van der Waals surface area (Å²) in [6.45, 7) is 1.43. The molecule has 2 aromatic heterocycles. The number of benzene rings is 2. The van der Waals surface area contributed by atoms with Crippen molar-refractivity contribution in [2.24, 2.45) is 0 Å². The Hall–Kier alpha value is -3.96. The summed E-state index contributed by atoms with van der Waals surface area (Å²) in [5.41, 5.74) is 2.03. The molecule has 4 rings (SSSR count). The van der Waals surface area contributed by atoms with Crippen molar-refractivity contribution in [1.29, 1.82) is 0 Å². The van der Waals surface area contributed by atoms with Crippen LogP contribution in [-0.2, 0) is 9.53 Å². The molecule has 0 radical (unpaired) electrons. The summed E-state index contributed by atoms with van der Waals surface area (Å²) in [4.78, 5) is 42.7. The molecule has 4 aromatic rings. The van der Waals surface area contributed by atoms with Crippen LogP contribution in [0.1, 0.15) is 25.6 Å². The molecule has 9 nitrogen and oxygen atoms in total. The number of hydrogen-bond acceptors (Lipinski definition) is 9. The van der Waals surface area contributed by atoms with E-state index in [4.69, 9.17) is 14.2 Å². The fourth-order valence-corrected chi connectivity index (χ4v) is 4.79. The van der Waals surface area contributed by atoms with Crippen molar-refractivity contribution >= 4 is 61.5 Å². The van der Waals surface area contributed by atoms with E-state index in [2.05, 4.69) is 15.6 Å². The Balaban J connectivity index is 1.48. The largest absolute Gasteiger partial charge is 0.493 e. The lowest BCUT2D eigenvalue weighted by molar-refractivity contribution is -0.119. The standard InChI is InChI=1S/C24H21N3O6S2/c1-13-6-7-15-20(9-13)35-24(26-15)27-21(28)12-33-23(30)14-10-17(31-2)18(32-3)11-16(14)25-22(29)19-5-4-8-34-19/h4-11H,12H2,1-3H3,(H,25,29)(H,26,27,28). The summed E-state index contributed by atoms with van der Waals surface area (Å²) in [5, 5.41) is 7.51. The van der Waals surface area contributed by atoms with Crippen molar-refractivity contribution in [2.75, 3.05) is 31.5 Å². The zero-order valence-corrected chi connectivity index (χ0v) is 20.7. The van der Waals surface area contributed by atoms with E-state index in [0.29, 0.717) is 15.8 Å². The number of esters is 1. The molecule has 2 N–H and O–H groups in total. The lowest BCUT2D eigenvalue weighted by atomic mass is 10.1. The predicted octanol–water partition coefficient (Wildman–Crippen LogP) is 4.73. The van der Waals surface area contributed by atoms with Crippen LogP contribution in [0.15, 0.2) is 47.8 Å². The fourth-order valence-electron chi connectivity index (χ4n) is 3.19. The van der Waals surface area contributed by atoms with Crippen molar-refractivity contribution in [3.8, 4) is 11.5 Å². The maximum absolute atomic E-state index is 12.9. The molecule has 0 fully saturated rings. The number of aryl methyl sites for hydroxylation is 1. The van der Waals surface area contributed by atoms with Gasteiger partial charge in [0.05, 0.1) is 40.6 Å². The van der Waals surface area contributed by atoms with Crippen molar-refractivity contribution in [2.45, 2.75) is 6.92 Å². The van der Waals surface area contributed by atoms with Crippen LogP contribution in [0.2, 0.25) is 0 Å². The first-order valence-corrected chi connectivity index (χ1v) is 12.0. The van der Waals surface area contributed by atoms with Gasteiger partial charge >= 0.3 is 5.97 Å². The van der Waals surface area contributed by atoms with E-state index in [-0.39, 0.29) is 17.0 Å². The topological polar surface area (TPSA) is 116 Å². The summed E-state index contributed by atoms with van der Waals surface area (Å²) in [6.07, 6.45) is 0. The van der Waals surface area contributed by atoms with Gasteiger partial charge in [0.2, 0.25) is 0 Å². The van der Waals surface area contributed by atoms with Gasteiger partial charge in [-0.25, -0.2) is 9.78 Å². The number of thiophene rings is 1. The summed E-state index contributed by atoms with van der Waals surface area (Å²) in [6, 6.07) is 12.0. The van der Waals surface area contributed by atoms with Gasteiger partial charge in [-0.1, -0.05) is 23.5 Å². The van der Waals surface area contributed by atoms with Crippen LogP contribution in [0, 0.1) is 6.92 Å². The van der Waals surface area contributed by atoms with E-state index in [1.807, 2.05) is 25.1 Å². The molecule has 0 atom stereocenters. The minimum Gasteiger partial charge on any atom is -0.493 e. The average Bonchev–Trinajstić information content (AvgIpc) is 3.52. The Labute approximate surface area is 208 Å². The van der Waals surface area contributed by atoms with Gasteiger partial charge in [0.25, 0.3) is 11.8 Å². The number of carbonyl (C=O) groups excluding carboxylic acids is 3. The number of aromatic nitrogens is 1. The number of nitrogens with one attached hydrogen (secondary N) is 2. The second-order valence-electron chi connectivity index (χ2n) is 7.30. The maximum Gasteiger partial charge on any atom is 0.340 e. The lowest BCUT2D eigenvalue weighted by Gasteiger charge is -2.15. The number of rotatable bonds is 8. The van der Waals surface area contributed by atoms with Crippen molar-refractivity contribution in [3.05, 3.63) is 63.8 Å². The van der Waals surface area contributed by atoms with Crippen molar-refractivity contribution in [1.82, 2.24) is 4.98 Å². The normalized spacial score (nSPS) is 10.6. The first-order chi connectivity index (χ1) is 16.9. The molecule has 11 heteroatoms. The number of hydrogen-bond donors (Lipinski definition) is 2. The Morgan fingerprint density at radius 1 is 1.00 bits per heavy atom. The number of carbonyl (C=O) groups is 3. The molecule has 2 amide bonds. The van der Waals surface area contributed by atoms with Crippen LogP contribution < -0.4 is 20.1 Å². The van der Waals surface area contributed by atoms with Gasteiger partial charge in [0, 0.05) is 12.1 Å². The maximum atomic E-state index is 12.9. The van der Waals surface area contributed by atoms with Gasteiger partial charge in [-0.05, 0) is 36.1 Å². The van der Waals surface area contributed by atoms with Crippen LogP contribution in [0.5, 0.6) is 11.5 Å². The number of fused-ring (bicyclic) bond motifs is 1. The molecule has 2 heterocycles. The number of methoxy groups -OCH3 is 2. The number of anilines is 2.